The maximum Gasteiger partial charge on any atom is 0.161 e. The van der Waals surface area contributed by atoms with Crippen LogP contribution in [0.25, 0.3) is 0 Å². The van der Waals surface area contributed by atoms with Gasteiger partial charge in [0.15, 0.2) is 5.78 Å². The van der Waals surface area contributed by atoms with Crippen molar-refractivity contribution in [2.24, 2.45) is 5.92 Å². The van der Waals surface area contributed by atoms with Gasteiger partial charge < -0.3 is 0 Å². The molecule has 0 N–H and O–H groups in total. The van der Waals surface area contributed by atoms with Gasteiger partial charge in [-0.1, -0.05) is 37.3 Å². The number of hydrogen-bond donors (Lipinski definition) is 0. The maximum absolute atomic E-state index is 12.5. The molecule has 0 saturated carbocycles. The molecule has 0 heterocycles. The van der Waals surface area contributed by atoms with Crippen molar-refractivity contribution in [1.29, 1.82) is 0 Å². The van der Waals surface area contributed by atoms with E-state index in [4.69, 9.17) is 0 Å². The van der Waals surface area contributed by atoms with Crippen molar-refractivity contribution in [3.05, 3.63) is 47.8 Å². The van der Waals surface area contributed by atoms with Crippen LogP contribution in [0.1, 0.15) is 25.8 Å². The molecule has 1 rings (SSSR count). The van der Waals surface area contributed by atoms with Gasteiger partial charge in [0.1, 0.15) is 5.83 Å². The zero-order valence-electron chi connectivity index (χ0n) is 9.74. The van der Waals surface area contributed by atoms with Gasteiger partial charge >= 0.3 is 0 Å². The molecule has 86 valence electrons. The molecule has 0 bridgehead atoms. The van der Waals surface area contributed by atoms with E-state index in [1.165, 1.54) is 12.5 Å². The van der Waals surface area contributed by atoms with Crippen LogP contribution in [0.3, 0.4) is 0 Å². The number of hydrogen-bond acceptors (Lipinski definition) is 1. The molecule has 0 radical (unpaired) electrons. The summed E-state index contributed by atoms with van der Waals surface area (Å²) in [6.45, 7) is 3.13. The van der Waals surface area contributed by atoms with Gasteiger partial charge in [0.25, 0.3) is 0 Å². The lowest BCUT2D eigenvalue weighted by Crippen LogP contribution is -2.09. The zero-order chi connectivity index (χ0) is 12.0. The van der Waals surface area contributed by atoms with Gasteiger partial charge in [-0.3, -0.25) is 4.79 Å². The average molecular weight is 220 g/mol. The fourth-order valence-corrected chi connectivity index (χ4v) is 1.51. The summed E-state index contributed by atoms with van der Waals surface area (Å²) < 4.78 is 12.5. The van der Waals surface area contributed by atoms with E-state index >= 15 is 0 Å². The van der Waals surface area contributed by atoms with Gasteiger partial charge in [0.05, 0.1) is 0 Å². The van der Waals surface area contributed by atoms with E-state index in [0.29, 0.717) is 0 Å². The Labute approximate surface area is 96.0 Å². The number of benzene rings is 1. The van der Waals surface area contributed by atoms with Crippen molar-refractivity contribution in [2.75, 3.05) is 0 Å². The fourth-order valence-electron chi connectivity index (χ4n) is 1.51. The van der Waals surface area contributed by atoms with E-state index in [-0.39, 0.29) is 11.7 Å². The number of allylic oxidation sites excluding steroid dienone is 2. The van der Waals surface area contributed by atoms with Crippen LogP contribution in [0.15, 0.2) is 42.2 Å². The number of carbonyl (C=O) groups is 1. The van der Waals surface area contributed by atoms with Crippen LogP contribution in [0.4, 0.5) is 4.39 Å². The Hall–Kier alpha value is -1.44. The summed E-state index contributed by atoms with van der Waals surface area (Å²) in [6, 6.07) is 10.00. The predicted molar refractivity (Wildman–Crippen MR) is 63.8 cm³/mol. The highest BCUT2D eigenvalue weighted by Crippen LogP contribution is 2.11. The van der Waals surface area contributed by atoms with Crippen LogP contribution in [-0.4, -0.2) is 5.78 Å². The van der Waals surface area contributed by atoms with E-state index in [9.17, 15) is 9.18 Å². The van der Waals surface area contributed by atoms with Crippen LogP contribution < -0.4 is 0 Å². The highest BCUT2D eigenvalue weighted by molar-refractivity contribution is 5.91. The minimum atomic E-state index is -0.420. The summed E-state index contributed by atoms with van der Waals surface area (Å²) in [5.41, 5.74) is 1.21. The van der Waals surface area contributed by atoms with Crippen molar-refractivity contribution >= 4 is 5.78 Å². The van der Waals surface area contributed by atoms with Crippen LogP contribution in [0.5, 0.6) is 0 Å². The van der Waals surface area contributed by atoms with Gasteiger partial charge in [-0.15, -0.1) is 0 Å². The van der Waals surface area contributed by atoms with Crippen molar-refractivity contribution in [1.82, 2.24) is 0 Å². The Morgan fingerprint density at radius 3 is 2.56 bits per heavy atom. The van der Waals surface area contributed by atoms with E-state index in [1.54, 1.807) is 0 Å². The first kappa shape index (κ1) is 12.6. The average Bonchev–Trinajstić information content (AvgIpc) is 2.26. The summed E-state index contributed by atoms with van der Waals surface area (Å²) in [4.78, 5) is 11.5. The molecule has 0 amide bonds. The maximum atomic E-state index is 12.5. The fraction of sp³-hybridized carbons (Fsp3) is 0.357. The number of halogens is 1. The molecule has 1 nitrogen and oxygen atoms in total. The van der Waals surface area contributed by atoms with Crippen LogP contribution >= 0.6 is 0 Å². The molecule has 16 heavy (non-hydrogen) atoms. The summed E-state index contributed by atoms with van der Waals surface area (Å²) in [6.07, 6.45) is 2.69. The Morgan fingerprint density at radius 2 is 2.00 bits per heavy atom. The van der Waals surface area contributed by atoms with Crippen molar-refractivity contribution in [3.63, 3.8) is 0 Å². The number of carbonyl (C=O) groups excluding carboxylic acids is 1. The van der Waals surface area contributed by atoms with Crippen LogP contribution in [-0.2, 0) is 11.2 Å². The first-order valence-electron chi connectivity index (χ1n) is 5.51. The molecule has 1 aromatic carbocycles. The molecule has 0 saturated heterocycles. The Bertz CT molecular complexity index is 364. The third kappa shape index (κ3) is 4.39. The van der Waals surface area contributed by atoms with Crippen LogP contribution in [0.2, 0.25) is 0 Å². The second-order valence-corrected chi connectivity index (χ2v) is 4.06. The monoisotopic (exact) mass is 220 g/mol. The van der Waals surface area contributed by atoms with Gasteiger partial charge in [-0.2, -0.15) is 0 Å². The molecule has 0 aromatic heterocycles. The van der Waals surface area contributed by atoms with Gasteiger partial charge in [-0.05, 0) is 25.3 Å². The Kier molecular flexibility index (Phi) is 4.90. The minimum Gasteiger partial charge on any atom is -0.294 e. The quantitative estimate of drug-likeness (QED) is 0.691. The van der Waals surface area contributed by atoms with E-state index in [0.717, 1.165) is 18.9 Å². The predicted octanol–water partition coefficient (Wildman–Crippen LogP) is 3.70. The zero-order valence-corrected chi connectivity index (χ0v) is 9.74. The van der Waals surface area contributed by atoms with Gasteiger partial charge in [0.2, 0.25) is 0 Å². The molecule has 1 aromatic rings. The molecule has 1 atom stereocenters. The lowest BCUT2D eigenvalue weighted by Gasteiger charge is -2.07. The SMILES string of the molecule is C/C(F)=C/C(=O)[C@@H](C)CCc1ccccc1. The molecular formula is C14H17FO. The first-order chi connectivity index (χ1) is 7.59. The highest BCUT2D eigenvalue weighted by Gasteiger charge is 2.10. The third-order valence-electron chi connectivity index (χ3n) is 2.54. The first-order valence-corrected chi connectivity index (χ1v) is 5.51. The second kappa shape index (κ2) is 6.21. The van der Waals surface area contributed by atoms with E-state index < -0.39 is 5.83 Å². The minimum absolute atomic E-state index is 0.120. The van der Waals surface area contributed by atoms with Crippen molar-refractivity contribution < 1.29 is 9.18 Å². The molecule has 0 fully saturated rings. The molecule has 0 spiro atoms. The molecule has 0 aliphatic rings. The number of rotatable bonds is 5. The Balaban J connectivity index is 2.44. The van der Waals surface area contributed by atoms with Gasteiger partial charge in [0, 0.05) is 12.0 Å². The van der Waals surface area contributed by atoms with Gasteiger partial charge in [-0.25, -0.2) is 4.39 Å². The molecule has 0 unspecified atom stereocenters. The Morgan fingerprint density at radius 1 is 1.38 bits per heavy atom. The largest absolute Gasteiger partial charge is 0.294 e. The molecule has 0 aliphatic carbocycles. The highest BCUT2D eigenvalue weighted by atomic mass is 19.1. The molecule has 2 heteroatoms. The van der Waals surface area contributed by atoms with E-state index in [1.807, 2.05) is 37.3 Å². The summed E-state index contributed by atoms with van der Waals surface area (Å²) in [5.74, 6) is -0.668. The number of aryl methyl sites for hydroxylation is 1. The summed E-state index contributed by atoms with van der Waals surface area (Å²) in [7, 11) is 0. The third-order valence-corrected chi connectivity index (χ3v) is 2.54. The topological polar surface area (TPSA) is 17.1 Å². The summed E-state index contributed by atoms with van der Waals surface area (Å²) in [5, 5.41) is 0. The van der Waals surface area contributed by atoms with E-state index in [2.05, 4.69) is 0 Å². The molecular weight excluding hydrogens is 203 g/mol. The van der Waals surface area contributed by atoms with Crippen molar-refractivity contribution in [2.45, 2.75) is 26.7 Å². The standard InChI is InChI=1S/C14H17FO/c1-11(14(16)10-12(2)15)8-9-13-6-4-3-5-7-13/h3-7,10-11H,8-9H2,1-2H3/b12-10-/t11-/m0/s1. The lowest BCUT2D eigenvalue weighted by molar-refractivity contribution is -0.118. The second-order valence-electron chi connectivity index (χ2n) is 4.06. The smallest absolute Gasteiger partial charge is 0.161 e. The lowest BCUT2D eigenvalue weighted by atomic mass is 9.97. The van der Waals surface area contributed by atoms with Crippen molar-refractivity contribution in [3.8, 4) is 0 Å². The number of ketones is 1. The van der Waals surface area contributed by atoms with Crippen LogP contribution in [0, 0.1) is 5.92 Å². The normalized spacial score (nSPS) is 13.6. The molecule has 0 aliphatic heterocycles. The summed E-state index contributed by atoms with van der Waals surface area (Å²) >= 11 is 0.